The molecule has 0 aliphatic heterocycles. The molecule has 0 unspecified atom stereocenters. The molecule has 0 bridgehead atoms. The molecule has 1 aromatic heterocycles. The molecule has 20 heavy (non-hydrogen) atoms. The van der Waals surface area contributed by atoms with Crippen LogP contribution < -0.4 is 5.32 Å². The summed E-state index contributed by atoms with van der Waals surface area (Å²) in [4.78, 5) is 12.0. The van der Waals surface area contributed by atoms with Gasteiger partial charge >= 0.3 is 0 Å². The molecule has 3 nitrogen and oxygen atoms in total. The van der Waals surface area contributed by atoms with Gasteiger partial charge in [-0.05, 0) is 37.1 Å². The maximum atomic E-state index is 12.0. The van der Waals surface area contributed by atoms with Crippen molar-refractivity contribution in [1.82, 2.24) is 9.88 Å². The number of hydrogen-bond donors (Lipinski definition) is 1. The summed E-state index contributed by atoms with van der Waals surface area (Å²) in [6.07, 6.45) is 0.310. The van der Waals surface area contributed by atoms with Gasteiger partial charge in [-0.15, -0.1) is 0 Å². The average molecular weight is 291 g/mol. The second kappa shape index (κ2) is 6.14. The minimum atomic E-state index is -0.0148. The number of amides is 1. The Bertz CT molecular complexity index is 631. The van der Waals surface area contributed by atoms with Gasteiger partial charge in [-0.1, -0.05) is 29.8 Å². The molecule has 106 valence electrons. The third-order valence-electron chi connectivity index (χ3n) is 3.66. The summed E-state index contributed by atoms with van der Waals surface area (Å²) in [7, 11) is 2.03. The predicted molar refractivity (Wildman–Crippen MR) is 81.9 cm³/mol. The van der Waals surface area contributed by atoms with Gasteiger partial charge in [0.25, 0.3) is 0 Å². The first-order valence-corrected chi connectivity index (χ1v) is 6.98. The number of carbonyl (C=O) groups excluding carboxylic acids is 1. The normalized spacial score (nSPS) is 10.6. The second-order valence-corrected chi connectivity index (χ2v) is 5.41. The van der Waals surface area contributed by atoms with Crippen molar-refractivity contribution in [3.8, 4) is 0 Å². The molecule has 1 aromatic carbocycles. The lowest BCUT2D eigenvalue weighted by atomic mass is 10.1. The molecule has 1 amide bonds. The van der Waals surface area contributed by atoms with Crippen LogP contribution in [-0.2, 0) is 24.8 Å². The van der Waals surface area contributed by atoms with Crippen LogP contribution in [0.25, 0.3) is 0 Å². The topological polar surface area (TPSA) is 34.0 Å². The van der Waals surface area contributed by atoms with Crippen molar-refractivity contribution in [2.24, 2.45) is 7.05 Å². The van der Waals surface area contributed by atoms with E-state index in [0.717, 1.165) is 11.1 Å². The standard InChI is InChI=1S/C16H19ClN2O/c1-11-8-14(12(2)19(11)3)10-18-16(20)9-13-6-4-5-7-15(13)17/h4-8H,9-10H2,1-3H3,(H,18,20). The van der Waals surface area contributed by atoms with Crippen LogP contribution in [0.1, 0.15) is 22.5 Å². The zero-order valence-electron chi connectivity index (χ0n) is 12.0. The number of halogens is 1. The van der Waals surface area contributed by atoms with Crippen LogP contribution in [0.15, 0.2) is 30.3 Å². The zero-order chi connectivity index (χ0) is 14.7. The van der Waals surface area contributed by atoms with Crippen molar-refractivity contribution in [1.29, 1.82) is 0 Å². The Morgan fingerprint density at radius 2 is 1.95 bits per heavy atom. The fraction of sp³-hybridized carbons (Fsp3) is 0.312. The Balaban J connectivity index is 1.96. The first-order valence-electron chi connectivity index (χ1n) is 6.61. The van der Waals surface area contributed by atoms with E-state index in [-0.39, 0.29) is 5.91 Å². The number of aryl methyl sites for hydroxylation is 1. The summed E-state index contributed by atoms with van der Waals surface area (Å²) in [5, 5.41) is 3.58. The molecule has 0 saturated heterocycles. The van der Waals surface area contributed by atoms with E-state index in [9.17, 15) is 4.79 Å². The molecule has 4 heteroatoms. The van der Waals surface area contributed by atoms with Crippen molar-refractivity contribution in [3.05, 3.63) is 57.9 Å². The molecule has 2 aromatic rings. The molecule has 2 rings (SSSR count). The van der Waals surface area contributed by atoms with Crippen molar-refractivity contribution in [2.75, 3.05) is 0 Å². The van der Waals surface area contributed by atoms with E-state index >= 15 is 0 Å². The monoisotopic (exact) mass is 290 g/mol. The number of benzene rings is 1. The van der Waals surface area contributed by atoms with Gasteiger partial charge in [-0.3, -0.25) is 4.79 Å². The number of rotatable bonds is 4. The van der Waals surface area contributed by atoms with Crippen molar-refractivity contribution in [3.63, 3.8) is 0 Å². The molecular formula is C16H19ClN2O. The van der Waals surface area contributed by atoms with Crippen molar-refractivity contribution < 1.29 is 4.79 Å². The number of nitrogens with zero attached hydrogens (tertiary/aromatic N) is 1. The summed E-state index contributed by atoms with van der Waals surface area (Å²) in [5.74, 6) is -0.0148. The van der Waals surface area contributed by atoms with Gasteiger partial charge in [0.15, 0.2) is 0 Å². The lowest BCUT2D eigenvalue weighted by Gasteiger charge is -2.07. The summed E-state index contributed by atoms with van der Waals surface area (Å²) in [5.41, 5.74) is 4.38. The summed E-state index contributed by atoms with van der Waals surface area (Å²) in [6.45, 7) is 4.67. The van der Waals surface area contributed by atoms with Crippen LogP contribution in [0.3, 0.4) is 0 Å². The molecule has 0 spiro atoms. The highest BCUT2D eigenvalue weighted by Crippen LogP contribution is 2.16. The number of nitrogens with one attached hydrogen (secondary N) is 1. The quantitative estimate of drug-likeness (QED) is 0.922. The molecule has 0 aliphatic carbocycles. The second-order valence-electron chi connectivity index (χ2n) is 5.00. The fourth-order valence-corrected chi connectivity index (χ4v) is 2.39. The highest BCUT2D eigenvalue weighted by Gasteiger charge is 2.09. The van der Waals surface area contributed by atoms with E-state index < -0.39 is 0 Å². The van der Waals surface area contributed by atoms with Gasteiger partial charge in [-0.2, -0.15) is 0 Å². The van der Waals surface area contributed by atoms with Crippen molar-refractivity contribution >= 4 is 17.5 Å². The lowest BCUT2D eigenvalue weighted by molar-refractivity contribution is -0.120. The minimum Gasteiger partial charge on any atom is -0.352 e. The van der Waals surface area contributed by atoms with Crippen LogP contribution in [0.4, 0.5) is 0 Å². The van der Waals surface area contributed by atoms with E-state index in [0.29, 0.717) is 18.0 Å². The Morgan fingerprint density at radius 1 is 1.25 bits per heavy atom. The number of aromatic nitrogens is 1. The Labute approximate surface area is 124 Å². The maximum Gasteiger partial charge on any atom is 0.224 e. The van der Waals surface area contributed by atoms with E-state index in [1.807, 2.05) is 25.2 Å². The maximum absolute atomic E-state index is 12.0. The predicted octanol–water partition coefficient (Wildman–Crippen LogP) is 3.15. The molecule has 0 radical (unpaired) electrons. The summed E-state index contributed by atoms with van der Waals surface area (Å²) < 4.78 is 2.12. The van der Waals surface area contributed by atoms with Gasteiger partial charge in [-0.25, -0.2) is 0 Å². The van der Waals surface area contributed by atoms with E-state index in [4.69, 9.17) is 11.6 Å². The van der Waals surface area contributed by atoms with Gasteiger partial charge in [0.05, 0.1) is 6.42 Å². The lowest BCUT2D eigenvalue weighted by Crippen LogP contribution is -2.24. The zero-order valence-corrected chi connectivity index (χ0v) is 12.8. The average Bonchev–Trinajstić information content (AvgIpc) is 2.66. The number of hydrogen-bond acceptors (Lipinski definition) is 1. The molecular weight excluding hydrogens is 272 g/mol. The number of carbonyl (C=O) groups is 1. The Kier molecular flexibility index (Phi) is 4.50. The Hall–Kier alpha value is -1.74. The van der Waals surface area contributed by atoms with E-state index in [1.54, 1.807) is 6.07 Å². The fourth-order valence-electron chi connectivity index (χ4n) is 2.18. The smallest absolute Gasteiger partial charge is 0.224 e. The van der Waals surface area contributed by atoms with Crippen LogP contribution in [-0.4, -0.2) is 10.5 Å². The first kappa shape index (κ1) is 14.7. The van der Waals surface area contributed by atoms with Gasteiger partial charge < -0.3 is 9.88 Å². The minimum absolute atomic E-state index is 0.0148. The summed E-state index contributed by atoms with van der Waals surface area (Å²) >= 11 is 6.05. The molecule has 0 aliphatic rings. The summed E-state index contributed by atoms with van der Waals surface area (Å²) in [6, 6.07) is 9.53. The van der Waals surface area contributed by atoms with Crippen LogP contribution in [0.5, 0.6) is 0 Å². The molecule has 0 atom stereocenters. The third-order valence-corrected chi connectivity index (χ3v) is 4.03. The van der Waals surface area contributed by atoms with Gasteiger partial charge in [0.1, 0.15) is 0 Å². The van der Waals surface area contributed by atoms with E-state index in [1.165, 1.54) is 11.4 Å². The highest BCUT2D eigenvalue weighted by atomic mass is 35.5. The molecule has 1 heterocycles. The SMILES string of the molecule is Cc1cc(CNC(=O)Cc2ccccc2Cl)c(C)n1C. The Morgan fingerprint density at radius 3 is 2.55 bits per heavy atom. The molecule has 1 N–H and O–H groups in total. The largest absolute Gasteiger partial charge is 0.352 e. The van der Waals surface area contributed by atoms with Crippen molar-refractivity contribution in [2.45, 2.75) is 26.8 Å². The first-order chi connectivity index (χ1) is 9.49. The third kappa shape index (κ3) is 3.23. The van der Waals surface area contributed by atoms with Crippen LogP contribution >= 0.6 is 11.6 Å². The van der Waals surface area contributed by atoms with Gasteiger partial charge in [0.2, 0.25) is 5.91 Å². The molecule has 0 fully saturated rings. The van der Waals surface area contributed by atoms with Crippen LogP contribution in [0.2, 0.25) is 5.02 Å². The highest BCUT2D eigenvalue weighted by molar-refractivity contribution is 6.31. The van der Waals surface area contributed by atoms with Gasteiger partial charge in [0, 0.05) is 30.0 Å². The van der Waals surface area contributed by atoms with Crippen LogP contribution in [0, 0.1) is 13.8 Å². The van der Waals surface area contributed by atoms with E-state index in [2.05, 4.69) is 29.8 Å². The molecule has 0 saturated carbocycles.